The summed E-state index contributed by atoms with van der Waals surface area (Å²) in [6.07, 6.45) is 5.64. The van der Waals surface area contributed by atoms with Gasteiger partial charge in [0.25, 0.3) is 5.92 Å². The molecule has 0 spiro atoms. The van der Waals surface area contributed by atoms with Crippen molar-refractivity contribution in [1.29, 1.82) is 0 Å². The molecule has 1 unspecified atom stereocenters. The summed E-state index contributed by atoms with van der Waals surface area (Å²) in [5, 5.41) is 3.28. The van der Waals surface area contributed by atoms with Gasteiger partial charge in [0.1, 0.15) is 0 Å². The van der Waals surface area contributed by atoms with Crippen molar-refractivity contribution >= 4 is 9.84 Å². The lowest BCUT2D eigenvalue weighted by Crippen LogP contribution is -2.30. The smallest absolute Gasteiger partial charge is 0.253 e. The number of alkyl halides is 2. The van der Waals surface area contributed by atoms with E-state index in [9.17, 15) is 17.2 Å². The van der Waals surface area contributed by atoms with E-state index in [2.05, 4.69) is 11.9 Å². The first kappa shape index (κ1) is 19.3. The lowest BCUT2D eigenvalue weighted by Gasteiger charge is -2.28. The molecule has 0 saturated carbocycles. The van der Waals surface area contributed by atoms with Gasteiger partial charge in [-0.3, -0.25) is 0 Å². The first-order valence-electron chi connectivity index (χ1n) is 7.67. The summed E-state index contributed by atoms with van der Waals surface area (Å²) in [5.74, 6) is -4.00. The maximum atomic E-state index is 13.9. The van der Waals surface area contributed by atoms with Gasteiger partial charge >= 0.3 is 0 Å². The monoisotopic (exact) mass is 335 g/mol. The molecular weight excluding hydrogens is 308 g/mol. The van der Waals surface area contributed by atoms with Crippen LogP contribution in [-0.2, 0) is 9.84 Å². The average molecular weight is 335 g/mol. The largest absolute Gasteiger partial charge is 0.317 e. The standard InChI is InChI=1S/C16H27F2NO2S/c1-5-13(10-14-6-8-19-9-7-14)11-15(16(3,17)18)12(2)22(4,20)21/h5,14-15,19H,2,6-11H2,1,3-4H3/b13-5-. The van der Waals surface area contributed by atoms with Crippen LogP contribution >= 0.6 is 0 Å². The molecule has 1 fully saturated rings. The number of sulfone groups is 1. The molecule has 128 valence electrons. The SMILES string of the molecule is C=C(C(C/C(=C\C)CC1CCNCC1)C(C)(F)F)S(C)(=O)=O. The maximum Gasteiger partial charge on any atom is 0.253 e. The third-order valence-corrected chi connectivity index (χ3v) is 5.60. The van der Waals surface area contributed by atoms with Crippen molar-refractivity contribution in [2.45, 2.75) is 45.5 Å². The fraction of sp³-hybridized carbons (Fsp3) is 0.750. The molecule has 0 aromatic heterocycles. The molecule has 1 saturated heterocycles. The van der Waals surface area contributed by atoms with Gasteiger partial charge in [-0.15, -0.1) is 0 Å². The minimum Gasteiger partial charge on any atom is -0.317 e. The summed E-state index contributed by atoms with van der Waals surface area (Å²) in [6, 6.07) is 0. The maximum absolute atomic E-state index is 13.9. The van der Waals surface area contributed by atoms with Crippen LogP contribution in [0.2, 0.25) is 0 Å². The summed E-state index contributed by atoms with van der Waals surface area (Å²) in [5.41, 5.74) is 0.892. The molecule has 0 aromatic carbocycles. The molecule has 1 atom stereocenters. The van der Waals surface area contributed by atoms with E-state index in [4.69, 9.17) is 0 Å². The Hall–Kier alpha value is -0.750. The molecule has 1 aliphatic rings. The van der Waals surface area contributed by atoms with Crippen molar-refractivity contribution in [2.75, 3.05) is 19.3 Å². The number of allylic oxidation sites excluding steroid dienone is 3. The Bertz CT molecular complexity index is 515. The molecule has 1 heterocycles. The van der Waals surface area contributed by atoms with Crippen LogP contribution in [0.4, 0.5) is 8.78 Å². The van der Waals surface area contributed by atoms with E-state index in [0.717, 1.165) is 51.1 Å². The van der Waals surface area contributed by atoms with Gasteiger partial charge in [-0.1, -0.05) is 18.2 Å². The van der Waals surface area contributed by atoms with Crippen molar-refractivity contribution in [3.8, 4) is 0 Å². The highest BCUT2D eigenvalue weighted by atomic mass is 32.2. The fourth-order valence-corrected chi connectivity index (χ4v) is 3.68. The highest BCUT2D eigenvalue weighted by molar-refractivity contribution is 7.94. The topological polar surface area (TPSA) is 46.2 Å². The lowest BCUT2D eigenvalue weighted by molar-refractivity contribution is -0.0226. The minimum atomic E-state index is -3.68. The zero-order valence-corrected chi connectivity index (χ0v) is 14.5. The molecule has 1 rings (SSSR count). The van der Waals surface area contributed by atoms with Crippen LogP contribution in [0, 0.1) is 11.8 Å². The second-order valence-electron chi connectivity index (χ2n) is 6.30. The van der Waals surface area contributed by atoms with Gasteiger partial charge in [0.15, 0.2) is 9.84 Å². The van der Waals surface area contributed by atoms with E-state index in [1.807, 2.05) is 13.0 Å². The number of hydrogen-bond donors (Lipinski definition) is 1. The average Bonchev–Trinajstić information content (AvgIpc) is 2.41. The van der Waals surface area contributed by atoms with E-state index in [1.54, 1.807) is 0 Å². The number of hydrogen-bond acceptors (Lipinski definition) is 3. The lowest BCUT2D eigenvalue weighted by atomic mass is 9.85. The zero-order chi connectivity index (χ0) is 17.0. The fourth-order valence-electron chi connectivity index (χ4n) is 2.87. The van der Waals surface area contributed by atoms with Gasteiger partial charge in [0, 0.05) is 11.2 Å². The van der Waals surface area contributed by atoms with E-state index in [0.29, 0.717) is 5.92 Å². The van der Waals surface area contributed by atoms with E-state index >= 15 is 0 Å². The van der Waals surface area contributed by atoms with Gasteiger partial charge in [-0.2, -0.15) is 0 Å². The molecule has 1 aliphatic heterocycles. The van der Waals surface area contributed by atoms with Crippen LogP contribution in [0.1, 0.15) is 39.5 Å². The summed E-state index contributed by atoms with van der Waals surface area (Å²) >= 11 is 0. The first-order valence-corrected chi connectivity index (χ1v) is 9.56. The third kappa shape index (κ3) is 5.80. The molecule has 0 aromatic rings. The Morgan fingerprint density at radius 3 is 2.36 bits per heavy atom. The van der Waals surface area contributed by atoms with Gasteiger partial charge in [-0.25, -0.2) is 17.2 Å². The van der Waals surface area contributed by atoms with Gasteiger partial charge in [0.05, 0.1) is 5.92 Å². The third-order valence-electron chi connectivity index (χ3n) is 4.36. The summed E-state index contributed by atoms with van der Waals surface area (Å²) in [4.78, 5) is -0.371. The van der Waals surface area contributed by atoms with Crippen LogP contribution in [0.15, 0.2) is 23.1 Å². The van der Waals surface area contributed by atoms with Crippen molar-refractivity contribution in [3.63, 3.8) is 0 Å². The molecule has 0 amide bonds. The Balaban J connectivity index is 2.85. The number of nitrogens with one attached hydrogen (secondary N) is 1. The quantitative estimate of drug-likeness (QED) is 0.724. The summed E-state index contributed by atoms with van der Waals surface area (Å²) in [6.45, 7) is 7.91. The van der Waals surface area contributed by atoms with Crippen LogP contribution in [0.3, 0.4) is 0 Å². The molecule has 6 heteroatoms. The Morgan fingerprint density at radius 2 is 1.95 bits per heavy atom. The van der Waals surface area contributed by atoms with Crippen molar-refractivity contribution < 1.29 is 17.2 Å². The Kier molecular flexibility index (Phi) is 6.74. The highest BCUT2D eigenvalue weighted by Gasteiger charge is 2.39. The second kappa shape index (κ2) is 7.68. The molecule has 0 aliphatic carbocycles. The molecule has 22 heavy (non-hydrogen) atoms. The predicted octanol–water partition coefficient (Wildman–Crippen LogP) is 3.54. The zero-order valence-electron chi connectivity index (χ0n) is 13.7. The molecular formula is C16H27F2NO2S. The summed E-state index contributed by atoms with van der Waals surface area (Å²) in [7, 11) is -3.68. The van der Waals surface area contributed by atoms with Gasteiger partial charge in [0.2, 0.25) is 0 Å². The molecule has 1 N–H and O–H groups in total. The number of halogens is 2. The van der Waals surface area contributed by atoms with Gasteiger partial charge in [-0.05, 0) is 58.5 Å². The Labute approximate surface area is 132 Å². The molecule has 3 nitrogen and oxygen atoms in total. The van der Waals surface area contributed by atoms with E-state index in [-0.39, 0.29) is 11.3 Å². The number of piperidine rings is 1. The van der Waals surface area contributed by atoms with Crippen LogP contribution in [0.25, 0.3) is 0 Å². The van der Waals surface area contributed by atoms with Gasteiger partial charge < -0.3 is 5.32 Å². The first-order chi connectivity index (χ1) is 10.1. The van der Waals surface area contributed by atoms with Crippen LogP contribution in [-0.4, -0.2) is 33.7 Å². The van der Waals surface area contributed by atoms with Crippen molar-refractivity contribution in [2.24, 2.45) is 11.8 Å². The normalized spacial score (nSPS) is 20.0. The predicted molar refractivity (Wildman–Crippen MR) is 86.7 cm³/mol. The van der Waals surface area contributed by atoms with E-state index in [1.165, 1.54) is 0 Å². The van der Waals surface area contributed by atoms with Crippen molar-refractivity contribution in [3.05, 3.63) is 23.1 Å². The number of rotatable bonds is 7. The van der Waals surface area contributed by atoms with E-state index < -0.39 is 21.7 Å². The Morgan fingerprint density at radius 1 is 1.41 bits per heavy atom. The molecule has 0 bridgehead atoms. The van der Waals surface area contributed by atoms with Crippen LogP contribution < -0.4 is 5.32 Å². The summed E-state index contributed by atoms with van der Waals surface area (Å²) < 4.78 is 51.0. The second-order valence-corrected chi connectivity index (χ2v) is 8.36. The van der Waals surface area contributed by atoms with Crippen molar-refractivity contribution in [1.82, 2.24) is 5.32 Å². The minimum absolute atomic E-state index is 0.0514. The highest BCUT2D eigenvalue weighted by Crippen LogP contribution is 2.38. The molecule has 0 radical (unpaired) electrons. The van der Waals surface area contributed by atoms with Crippen LogP contribution in [0.5, 0.6) is 0 Å².